The summed E-state index contributed by atoms with van der Waals surface area (Å²) in [5.41, 5.74) is 10.4. The van der Waals surface area contributed by atoms with E-state index in [0.29, 0.717) is 0 Å². The molecule has 0 aliphatic carbocycles. The lowest BCUT2D eigenvalue weighted by atomic mass is 10.4. The van der Waals surface area contributed by atoms with Gasteiger partial charge in [-0.3, -0.25) is 0 Å². The molecule has 0 N–H and O–H groups in total. The van der Waals surface area contributed by atoms with Gasteiger partial charge >= 0.3 is 0 Å². The summed E-state index contributed by atoms with van der Waals surface area (Å²) in [4.78, 5) is 0. The molecule has 1 heteroatoms. The molecule has 0 aliphatic rings. The highest BCUT2D eigenvalue weighted by Gasteiger charge is 2.19. The smallest absolute Gasteiger partial charge is 0.108 e. The van der Waals surface area contributed by atoms with Crippen molar-refractivity contribution in [2.75, 3.05) is 0 Å². The Morgan fingerprint density at radius 1 is 0.933 bits per heavy atom. The molecule has 0 aromatic rings. The van der Waals surface area contributed by atoms with E-state index in [1.54, 1.807) is 0 Å². The average Bonchev–Trinajstić information content (AvgIpc) is 2.28. The lowest BCUT2D eigenvalue weighted by Gasteiger charge is -2.07. The first-order valence-corrected chi connectivity index (χ1v) is 7.67. The summed E-state index contributed by atoms with van der Waals surface area (Å²) >= 11 is 0. The van der Waals surface area contributed by atoms with Gasteiger partial charge in [-0.05, 0) is 12.8 Å². The maximum atomic E-state index is 3.85. The van der Waals surface area contributed by atoms with Crippen LogP contribution in [-0.4, -0.2) is 8.07 Å². The first-order valence-electron chi connectivity index (χ1n) is 5.52. The van der Waals surface area contributed by atoms with Crippen molar-refractivity contribution in [1.82, 2.24) is 0 Å². The van der Waals surface area contributed by atoms with Crippen molar-refractivity contribution in [2.45, 2.75) is 39.5 Å². The van der Waals surface area contributed by atoms with Crippen LogP contribution in [0.25, 0.3) is 0 Å². The molecular weight excluding hydrogens is 196 g/mol. The van der Waals surface area contributed by atoms with Crippen LogP contribution in [0.5, 0.6) is 0 Å². The van der Waals surface area contributed by atoms with Crippen molar-refractivity contribution < 1.29 is 0 Å². The van der Waals surface area contributed by atoms with Gasteiger partial charge in [-0.15, -0.1) is 36.1 Å². The Hall–Kier alpha value is -1.18. The van der Waals surface area contributed by atoms with Gasteiger partial charge in [0.05, 0.1) is 0 Å². The van der Waals surface area contributed by atoms with Crippen LogP contribution in [-0.2, 0) is 0 Å². The Kier molecular flexibility index (Phi) is 7.51. The van der Waals surface area contributed by atoms with Gasteiger partial charge in [0.1, 0.15) is 0 Å². The van der Waals surface area contributed by atoms with Gasteiger partial charge in [0.2, 0.25) is 0 Å². The molecule has 0 radical (unpaired) electrons. The summed E-state index contributed by atoms with van der Waals surface area (Å²) < 4.78 is 0. The molecule has 0 aromatic carbocycles. The van der Waals surface area contributed by atoms with E-state index in [2.05, 4.69) is 49.9 Å². The van der Waals surface area contributed by atoms with Gasteiger partial charge in [-0.2, -0.15) is 0 Å². The van der Waals surface area contributed by atoms with Crippen LogP contribution in [0, 0.1) is 22.9 Å². The molecule has 0 saturated carbocycles. The van der Waals surface area contributed by atoms with E-state index in [9.17, 15) is 0 Å². The first kappa shape index (κ1) is 13.8. The average molecular weight is 216 g/mol. The minimum absolute atomic E-state index is 0.936. The van der Waals surface area contributed by atoms with Gasteiger partial charge in [0.25, 0.3) is 8.07 Å². The lowest BCUT2D eigenvalue weighted by Crippen LogP contribution is -2.26. The number of hydrogen-bond donors (Lipinski definition) is 0. The molecule has 0 atom stereocenters. The summed E-state index contributed by atoms with van der Waals surface area (Å²) in [6.07, 6.45) is 4.06. The molecule has 0 aliphatic heterocycles. The summed E-state index contributed by atoms with van der Waals surface area (Å²) in [7, 11) is -2.01. The third kappa shape index (κ3) is 5.30. The molecule has 0 fully saturated rings. The number of hydrogen-bond acceptors (Lipinski definition) is 0. The van der Waals surface area contributed by atoms with Crippen LogP contribution < -0.4 is 0 Å². The monoisotopic (exact) mass is 216 g/mol. The van der Waals surface area contributed by atoms with Crippen molar-refractivity contribution in [1.29, 1.82) is 0 Å². The summed E-state index contributed by atoms with van der Waals surface area (Å²) in [6, 6.07) is 0. The highest BCUT2D eigenvalue weighted by atomic mass is 28.3. The van der Waals surface area contributed by atoms with Crippen LogP contribution in [0.4, 0.5) is 0 Å². The predicted molar refractivity (Wildman–Crippen MR) is 71.5 cm³/mol. The van der Waals surface area contributed by atoms with Gasteiger partial charge in [0, 0.05) is 12.8 Å². The highest BCUT2D eigenvalue weighted by Crippen LogP contribution is 2.03. The topological polar surface area (TPSA) is 0 Å². The largest absolute Gasteiger partial charge is 0.260 e. The van der Waals surface area contributed by atoms with Gasteiger partial charge in [-0.25, -0.2) is 0 Å². The molecule has 0 aromatic heterocycles. The second-order valence-electron chi connectivity index (χ2n) is 3.38. The van der Waals surface area contributed by atoms with Crippen LogP contribution in [0.1, 0.15) is 39.5 Å². The number of unbranched alkanes of at least 4 members (excludes halogenated alkanes) is 2. The molecule has 0 rings (SSSR count). The minimum Gasteiger partial charge on any atom is -0.108 e. The fourth-order valence-electron chi connectivity index (χ4n) is 0.986. The number of rotatable bonds is 4. The fourth-order valence-corrected chi connectivity index (χ4v) is 2.46. The second kappa shape index (κ2) is 8.15. The molecule has 0 unspecified atom stereocenters. The van der Waals surface area contributed by atoms with Crippen LogP contribution in [0.15, 0.2) is 24.6 Å². The summed E-state index contributed by atoms with van der Waals surface area (Å²) in [5.74, 6) is 6.34. The summed E-state index contributed by atoms with van der Waals surface area (Å²) in [6.45, 7) is 11.9. The highest BCUT2D eigenvalue weighted by molar-refractivity contribution is 7.02. The van der Waals surface area contributed by atoms with E-state index in [1.807, 2.05) is 11.4 Å². The third-order valence-electron chi connectivity index (χ3n) is 1.98. The molecule has 0 spiro atoms. The summed E-state index contributed by atoms with van der Waals surface area (Å²) in [5, 5.41) is 0. The lowest BCUT2D eigenvalue weighted by molar-refractivity contribution is 0.983. The van der Waals surface area contributed by atoms with Crippen molar-refractivity contribution in [3.05, 3.63) is 24.6 Å². The van der Waals surface area contributed by atoms with E-state index < -0.39 is 8.07 Å². The zero-order chi connectivity index (χ0) is 11.6. The normalized spacial score (nSPS) is 9.20. The molecule has 80 valence electrons. The van der Waals surface area contributed by atoms with Crippen LogP contribution in [0.3, 0.4) is 0 Å². The molecule has 0 saturated heterocycles. The van der Waals surface area contributed by atoms with Crippen molar-refractivity contribution in [2.24, 2.45) is 0 Å². The van der Waals surface area contributed by atoms with Crippen LogP contribution in [0.2, 0.25) is 0 Å². The Morgan fingerprint density at radius 3 is 1.60 bits per heavy atom. The first-order chi connectivity index (χ1) is 7.24. The Bertz CT molecular complexity index is 283. The third-order valence-corrected chi connectivity index (χ3v) is 4.45. The molecular formula is C14H20Si. The SMILES string of the molecule is C=C[Si](C#CCCC)(C#CCCC)C=C. The maximum Gasteiger partial charge on any atom is 0.260 e. The van der Waals surface area contributed by atoms with Gasteiger partial charge < -0.3 is 0 Å². The van der Waals surface area contributed by atoms with Crippen molar-refractivity contribution in [3.8, 4) is 22.9 Å². The molecule has 0 bridgehead atoms. The predicted octanol–water partition coefficient (Wildman–Crippen LogP) is 3.57. The Morgan fingerprint density at radius 2 is 1.33 bits per heavy atom. The van der Waals surface area contributed by atoms with Gasteiger partial charge in [0.15, 0.2) is 0 Å². The quantitative estimate of drug-likeness (QED) is 0.498. The van der Waals surface area contributed by atoms with Crippen molar-refractivity contribution in [3.63, 3.8) is 0 Å². The standard InChI is InChI=1S/C14H20Si/c1-5-9-11-13-15(7-3,8-4)14-12-10-6-2/h7-8H,3-6,9-10H2,1-2H3. The van der Waals surface area contributed by atoms with E-state index >= 15 is 0 Å². The Balaban J connectivity index is 4.77. The minimum atomic E-state index is -2.01. The second-order valence-corrected chi connectivity index (χ2v) is 6.44. The molecule has 15 heavy (non-hydrogen) atoms. The maximum absolute atomic E-state index is 3.85. The molecule has 0 nitrogen and oxygen atoms in total. The molecule has 0 amide bonds. The van der Waals surface area contributed by atoms with E-state index in [1.165, 1.54) is 0 Å². The Labute approximate surface area is 95.5 Å². The zero-order valence-corrected chi connectivity index (χ0v) is 10.9. The van der Waals surface area contributed by atoms with E-state index in [0.717, 1.165) is 25.7 Å². The van der Waals surface area contributed by atoms with E-state index in [4.69, 9.17) is 0 Å². The van der Waals surface area contributed by atoms with Crippen LogP contribution >= 0.6 is 0 Å². The van der Waals surface area contributed by atoms with Gasteiger partial charge in [-0.1, -0.05) is 25.2 Å². The molecule has 0 heterocycles. The van der Waals surface area contributed by atoms with E-state index in [-0.39, 0.29) is 0 Å². The zero-order valence-electron chi connectivity index (χ0n) is 9.90. The van der Waals surface area contributed by atoms with Crippen molar-refractivity contribution >= 4 is 8.07 Å². The fraction of sp³-hybridized carbons (Fsp3) is 0.429.